The zero-order chi connectivity index (χ0) is 39.2. The highest BCUT2D eigenvalue weighted by atomic mass is 16.5. The Kier molecular flexibility index (Phi) is 6.00. The van der Waals surface area contributed by atoms with E-state index in [1.165, 1.54) is 88.4 Å². The van der Waals surface area contributed by atoms with Crippen molar-refractivity contribution in [3.63, 3.8) is 0 Å². The lowest BCUT2D eigenvalue weighted by Crippen LogP contribution is -2.51. The van der Waals surface area contributed by atoms with Gasteiger partial charge in [-0.3, -0.25) is 0 Å². The summed E-state index contributed by atoms with van der Waals surface area (Å²) in [7, 11) is 0. The van der Waals surface area contributed by atoms with Crippen LogP contribution in [-0.4, -0.2) is 22.9 Å². The van der Waals surface area contributed by atoms with E-state index in [1.807, 2.05) is 0 Å². The number of hydrogen-bond donors (Lipinski definition) is 0. The zero-order valence-electron chi connectivity index (χ0n) is 34.0. The maximum Gasteiger partial charge on any atom is 0.424 e. The third kappa shape index (κ3) is 3.86. The van der Waals surface area contributed by atoms with Crippen molar-refractivity contribution in [3.05, 3.63) is 142 Å². The average Bonchev–Trinajstić information content (AvgIpc) is 3.85. The number of anilines is 4. The van der Waals surface area contributed by atoms with Gasteiger partial charge in [0.1, 0.15) is 23.0 Å². The van der Waals surface area contributed by atoms with Crippen molar-refractivity contribution in [1.82, 2.24) is 8.96 Å². The fourth-order valence-electron chi connectivity index (χ4n) is 10.9. The molecule has 9 aromatic rings. The zero-order valence-corrected chi connectivity index (χ0v) is 34.0. The van der Waals surface area contributed by atoms with Gasteiger partial charge < -0.3 is 28.1 Å². The van der Waals surface area contributed by atoms with Crippen LogP contribution in [0.2, 0.25) is 0 Å². The highest BCUT2D eigenvalue weighted by Crippen LogP contribution is 2.53. The van der Waals surface area contributed by atoms with Gasteiger partial charge in [-0.25, -0.2) is 0 Å². The lowest BCUT2D eigenvalue weighted by Gasteiger charge is -2.27. The van der Waals surface area contributed by atoms with Crippen LogP contribution in [0.3, 0.4) is 0 Å². The smallest absolute Gasteiger partial charge is 0.424 e. The van der Waals surface area contributed by atoms with Gasteiger partial charge in [0.05, 0.1) is 33.8 Å². The van der Waals surface area contributed by atoms with Crippen LogP contribution < -0.4 is 30.0 Å². The Morgan fingerprint density at radius 2 is 0.793 bits per heavy atom. The molecule has 4 aliphatic heterocycles. The van der Waals surface area contributed by atoms with Crippen LogP contribution in [0.5, 0.6) is 23.0 Å². The van der Waals surface area contributed by atoms with Crippen molar-refractivity contribution < 1.29 is 9.47 Å². The fourth-order valence-corrected chi connectivity index (χ4v) is 10.9. The van der Waals surface area contributed by atoms with Crippen LogP contribution >= 0.6 is 0 Å². The molecule has 58 heavy (non-hydrogen) atoms. The molecule has 6 heterocycles. The van der Waals surface area contributed by atoms with Crippen molar-refractivity contribution in [2.24, 2.45) is 0 Å². The second kappa shape index (κ2) is 10.7. The standard InChI is InChI=1S/C50H40B2N4O2/c1-25-9-13-37-33(17-25)47-31(7)29(5)21-41-49(47)55(37)51-35-23-44-36(24-43(35)57-45-19-27(3)11-15-39(45)53(41)51)52-54(40-16-12-28(4)20-46(40)58-44)42-22-30(6)32(8)48-34-18-26(2)10-14-38(34)56(52)50(42)48/h9-24H,1-8H3. The molecule has 0 unspecified atom stereocenters. The first-order valence-corrected chi connectivity index (χ1v) is 20.5. The molecule has 8 heteroatoms. The third-order valence-electron chi connectivity index (χ3n) is 13.8. The predicted octanol–water partition coefficient (Wildman–Crippen LogP) is 11.4. The lowest BCUT2D eigenvalue weighted by molar-refractivity contribution is 0.478. The largest absolute Gasteiger partial charge is 0.456 e. The molecule has 0 fully saturated rings. The number of hydrogen-bond acceptors (Lipinski definition) is 4. The third-order valence-corrected chi connectivity index (χ3v) is 13.8. The molecule has 0 amide bonds. The number of ether oxygens (including phenoxy) is 2. The summed E-state index contributed by atoms with van der Waals surface area (Å²) in [5.74, 6) is 3.41. The molecule has 0 N–H and O–H groups in total. The molecule has 0 radical (unpaired) electrons. The van der Waals surface area contributed by atoms with E-state index >= 15 is 0 Å². The van der Waals surface area contributed by atoms with E-state index in [4.69, 9.17) is 9.47 Å². The summed E-state index contributed by atoms with van der Waals surface area (Å²) < 4.78 is 19.7. The molecule has 13 rings (SSSR count). The van der Waals surface area contributed by atoms with Crippen LogP contribution in [0.1, 0.15) is 44.5 Å². The Morgan fingerprint density at radius 3 is 1.22 bits per heavy atom. The molecule has 0 saturated carbocycles. The molecule has 4 aliphatic rings. The van der Waals surface area contributed by atoms with Crippen molar-refractivity contribution in [1.29, 1.82) is 0 Å². The predicted molar refractivity (Wildman–Crippen MR) is 242 cm³/mol. The molecule has 6 nitrogen and oxygen atoms in total. The number of fused-ring (bicyclic) bond motifs is 20. The number of rotatable bonds is 0. The Balaban J connectivity index is 1.15. The van der Waals surface area contributed by atoms with E-state index in [0.29, 0.717) is 0 Å². The number of nitrogens with zero attached hydrogens (tertiary/aromatic N) is 4. The highest BCUT2D eigenvalue weighted by Gasteiger charge is 2.49. The molecular formula is C50H40B2N4O2. The minimum absolute atomic E-state index is 0.212. The second-order valence-electron chi connectivity index (χ2n) is 17.5. The number of benzene rings is 7. The van der Waals surface area contributed by atoms with Crippen molar-refractivity contribution in [2.75, 3.05) is 9.62 Å². The Hall–Kier alpha value is -6.53. The molecule has 0 bridgehead atoms. The minimum atomic E-state index is -0.212. The van der Waals surface area contributed by atoms with Crippen LogP contribution in [0.25, 0.3) is 43.6 Å². The topological polar surface area (TPSA) is 34.8 Å². The van der Waals surface area contributed by atoms with Crippen LogP contribution in [0.15, 0.2) is 97.1 Å². The van der Waals surface area contributed by atoms with Crippen molar-refractivity contribution >= 4 is 91.3 Å². The van der Waals surface area contributed by atoms with Crippen LogP contribution in [-0.2, 0) is 0 Å². The molecule has 278 valence electrons. The van der Waals surface area contributed by atoms with E-state index in [9.17, 15) is 0 Å². The van der Waals surface area contributed by atoms with Gasteiger partial charge in [-0.1, -0.05) is 35.4 Å². The summed E-state index contributed by atoms with van der Waals surface area (Å²) >= 11 is 0. The molecule has 7 aromatic carbocycles. The Bertz CT molecular complexity index is 3200. The molecule has 0 spiro atoms. The first-order valence-electron chi connectivity index (χ1n) is 20.5. The van der Waals surface area contributed by atoms with Gasteiger partial charge in [0, 0.05) is 43.5 Å². The second-order valence-corrected chi connectivity index (χ2v) is 17.5. The summed E-state index contributed by atoms with van der Waals surface area (Å²) in [6, 6.07) is 36.5. The van der Waals surface area contributed by atoms with Gasteiger partial charge in [0.15, 0.2) is 0 Å². The summed E-state index contributed by atoms with van der Waals surface area (Å²) in [6.07, 6.45) is 0. The lowest BCUT2D eigenvalue weighted by atomic mass is 9.61. The van der Waals surface area contributed by atoms with E-state index in [0.717, 1.165) is 56.4 Å². The summed E-state index contributed by atoms with van der Waals surface area (Å²) in [4.78, 5) is 5.04. The van der Waals surface area contributed by atoms with Gasteiger partial charge in [-0.15, -0.1) is 0 Å². The quantitative estimate of drug-likeness (QED) is 0.145. The van der Waals surface area contributed by atoms with Gasteiger partial charge in [0.2, 0.25) is 0 Å². The summed E-state index contributed by atoms with van der Waals surface area (Å²) in [6.45, 7) is 17.3. The van der Waals surface area contributed by atoms with Gasteiger partial charge in [0.25, 0.3) is 0 Å². The monoisotopic (exact) mass is 750 g/mol. The minimum Gasteiger partial charge on any atom is -0.456 e. The molecule has 0 saturated heterocycles. The van der Waals surface area contributed by atoms with Gasteiger partial charge in [-0.05, 0) is 162 Å². The average molecular weight is 751 g/mol. The van der Waals surface area contributed by atoms with E-state index in [1.54, 1.807) is 0 Å². The molecule has 0 atom stereocenters. The van der Waals surface area contributed by atoms with Crippen molar-refractivity contribution in [3.8, 4) is 23.0 Å². The van der Waals surface area contributed by atoms with Crippen LogP contribution in [0.4, 0.5) is 22.7 Å². The maximum atomic E-state index is 7.28. The van der Waals surface area contributed by atoms with Crippen LogP contribution in [0, 0.1) is 55.4 Å². The van der Waals surface area contributed by atoms with E-state index in [-0.39, 0.29) is 14.0 Å². The highest BCUT2D eigenvalue weighted by molar-refractivity contribution is 6.83. The first kappa shape index (κ1) is 32.5. The van der Waals surface area contributed by atoms with E-state index in [2.05, 4.69) is 171 Å². The number of aryl methyl sites for hydroxylation is 8. The fraction of sp³-hybridized carbons (Fsp3) is 0.160. The van der Waals surface area contributed by atoms with Gasteiger partial charge in [-0.2, -0.15) is 0 Å². The van der Waals surface area contributed by atoms with Gasteiger partial charge >= 0.3 is 14.0 Å². The Labute approximate surface area is 338 Å². The molecule has 2 aromatic heterocycles. The number of aromatic nitrogens is 2. The Morgan fingerprint density at radius 1 is 0.397 bits per heavy atom. The summed E-state index contributed by atoms with van der Waals surface area (Å²) in [5.41, 5.74) is 21.7. The maximum absolute atomic E-state index is 7.28. The molecular weight excluding hydrogens is 710 g/mol. The summed E-state index contributed by atoms with van der Waals surface area (Å²) in [5, 5.41) is 5.26. The molecule has 0 aliphatic carbocycles. The normalized spacial score (nSPS) is 14.3. The first-order chi connectivity index (χ1) is 28.0. The van der Waals surface area contributed by atoms with Crippen molar-refractivity contribution in [2.45, 2.75) is 55.4 Å². The SMILES string of the molecule is Cc1ccc2c(c1)Oc1cc3c(cc1B1N2c2cc(C)c(C)c4c5cc(C)ccc5n1c24)Oc1cc(C)ccc1N1B3n2c3ccc(C)cc3c3c(C)c(C)cc1c32. The van der Waals surface area contributed by atoms with E-state index < -0.39 is 0 Å².